The van der Waals surface area contributed by atoms with E-state index in [1.165, 1.54) is 44.9 Å². The average molecular weight is 297 g/mol. The third-order valence-corrected chi connectivity index (χ3v) is 6.02. The molecule has 3 nitrogen and oxygen atoms in total. The van der Waals surface area contributed by atoms with Gasteiger partial charge in [0.25, 0.3) is 0 Å². The van der Waals surface area contributed by atoms with Gasteiger partial charge in [-0.15, -0.1) is 0 Å². The predicted molar refractivity (Wildman–Crippen MR) is 87.7 cm³/mol. The fraction of sp³-hybridized carbons (Fsp3) is 1.00. The van der Waals surface area contributed by atoms with E-state index in [2.05, 4.69) is 26.1 Å². The van der Waals surface area contributed by atoms with Crippen molar-refractivity contribution in [3.63, 3.8) is 0 Å². The first-order chi connectivity index (χ1) is 10.1. The summed E-state index contributed by atoms with van der Waals surface area (Å²) in [6.07, 6.45) is 10.0. The quantitative estimate of drug-likeness (QED) is 0.806. The van der Waals surface area contributed by atoms with E-state index in [1.807, 2.05) is 7.11 Å². The van der Waals surface area contributed by atoms with E-state index in [0.29, 0.717) is 12.0 Å². The highest BCUT2D eigenvalue weighted by Crippen LogP contribution is 2.43. The second-order valence-corrected chi connectivity index (χ2v) is 7.25. The molecule has 3 unspecified atom stereocenters. The van der Waals surface area contributed by atoms with E-state index in [4.69, 9.17) is 9.47 Å². The minimum Gasteiger partial charge on any atom is -0.377 e. The van der Waals surface area contributed by atoms with E-state index in [-0.39, 0.29) is 11.2 Å². The molecule has 124 valence electrons. The molecule has 1 N–H and O–H groups in total. The number of nitrogens with one attached hydrogen (secondary N) is 1. The SMILES string of the molecule is CCNC(C1CCOC2(CCCCC2)C1)C(C)(CC)OC. The van der Waals surface area contributed by atoms with Gasteiger partial charge in [0.2, 0.25) is 0 Å². The summed E-state index contributed by atoms with van der Waals surface area (Å²) in [5.41, 5.74) is 0.102. The van der Waals surface area contributed by atoms with Crippen molar-refractivity contribution in [2.75, 3.05) is 20.3 Å². The average Bonchev–Trinajstić information content (AvgIpc) is 2.52. The third-order valence-electron chi connectivity index (χ3n) is 6.02. The zero-order valence-electron chi connectivity index (χ0n) is 14.5. The maximum atomic E-state index is 6.28. The fourth-order valence-corrected chi connectivity index (χ4v) is 4.49. The second kappa shape index (κ2) is 7.43. The Kier molecular flexibility index (Phi) is 6.10. The Hall–Kier alpha value is -0.120. The molecule has 0 bridgehead atoms. The highest BCUT2D eigenvalue weighted by atomic mass is 16.5. The van der Waals surface area contributed by atoms with Gasteiger partial charge in [-0.1, -0.05) is 33.1 Å². The summed E-state index contributed by atoms with van der Waals surface area (Å²) in [4.78, 5) is 0. The van der Waals surface area contributed by atoms with Crippen molar-refractivity contribution in [1.29, 1.82) is 0 Å². The van der Waals surface area contributed by atoms with Crippen molar-refractivity contribution in [2.24, 2.45) is 5.92 Å². The van der Waals surface area contributed by atoms with Crippen molar-refractivity contribution < 1.29 is 9.47 Å². The van der Waals surface area contributed by atoms with Crippen molar-refractivity contribution in [3.8, 4) is 0 Å². The standard InChI is InChI=1S/C18H35NO2/c1-5-17(3,20-4)16(19-6-2)15-10-13-21-18(14-15)11-8-7-9-12-18/h15-16,19H,5-14H2,1-4H3. The van der Waals surface area contributed by atoms with Gasteiger partial charge in [0, 0.05) is 19.8 Å². The molecular weight excluding hydrogens is 262 g/mol. The molecule has 1 saturated carbocycles. The molecule has 21 heavy (non-hydrogen) atoms. The van der Waals surface area contributed by atoms with Crippen LogP contribution in [-0.2, 0) is 9.47 Å². The van der Waals surface area contributed by atoms with Crippen molar-refractivity contribution in [1.82, 2.24) is 5.32 Å². The summed E-state index contributed by atoms with van der Waals surface area (Å²) in [7, 11) is 1.86. The maximum Gasteiger partial charge on any atom is 0.0803 e. The summed E-state index contributed by atoms with van der Waals surface area (Å²) >= 11 is 0. The van der Waals surface area contributed by atoms with Crippen LogP contribution in [0.3, 0.4) is 0 Å². The Morgan fingerprint density at radius 1 is 1.29 bits per heavy atom. The Labute approximate surface area is 131 Å². The van der Waals surface area contributed by atoms with Gasteiger partial charge in [0.1, 0.15) is 0 Å². The molecule has 0 aromatic carbocycles. The third kappa shape index (κ3) is 3.80. The van der Waals surface area contributed by atoms with Gasteiger partial charge in [-0.25, -0.2) is 0 Å². The molecule has 3 atom stereocenters. The van der Waals surface area contributed by atoms with E-state index >= 15 is 0 Å². The molecule has 1 aliphatic carbocycles. The molecule has 0 aromatic heterocycles. The smallest absolute Gasteiger partial charge is 0.0803 e. The van der Waals surface area contributed by atoms with Crippen LogP contribution < -0.4 is 5.32 Å². The van der Waals surface area contributed by atoms with Crippen molar-refractivity contribution >= 4 is 0 Å². The van der Waals surface area contributed by atoms with Gasteiger partial charge >= 0.3 is 0 Å². The molecule has 2 fully saturated rings. The number of hydrogen-bond acceptors (Lipinski definition) is 3. The molecule has 0 amide bonds. The van der Waals surface area contributed by atoms with Gasteiger partial charge in [-0.05, 0) is 51.5 Å². The van der Waals surface area contributed by atoms with E-state index < -0.39 is 0 Å². The number of methoxy groups -OCH3 is 1. The minimum atomic E-state index is -0.0755. The molecule has 1 aliphatic heterocycles. The minimum absolute atomic E-state index is 0.0755. The van der Waals surface area contributed by atoms with Crippen LogP contribution in [0.15, 0.2) is 0 Å². The summed E-state index contributed by atoms with van der Waals surface area (Å²) in [6, 6.07) is 0.431. The van der Waals surface area contributed by atoms with Gasteiger partial charge in [-0.3, -0.25) is 0 Å². The van der Waals surface area contributed by atoms with E-state index in [9.17, 15) is 0 Å². The Morgan fingerprint density at radius 3 is 2.57 bits per heavy atom. The van der Waals surface area contributed by atoms with Gasteiger partial charge in [-0.2, -0.15) is 0 Å². The van der Waals surface area contributed by atoms with Crippen LogP contribution in [0.1, 0.15) is 72.1 Å². The number of hydrogen-bond donors (Lipinski definition) is 1. The first-order valence-corrected chi connectivity index (χ1v) is 9.01. The van der Waals surface area contributed by atoms with Gasteiger partial charge < -0.3 is 14.8 Å². The van der Waals surface area contributed by atoms with Crippen molar-refractivity contribution in [2.45, 2.75) is 89.4 Å². The first-order valence-electron chi connectivity index (χ1n) is 9.01. The van der Waals surface area contributed by atoms with Crippen LogP contribution in [0.2, 0.25) is 0 Å². The predicted octanol–water partition coefficient (Wildman–Crippen LogP) is 3.91. The number of ether oxygens (including phenoxy) is 2. The monoisotopic (exact) mass is 297 g/mol. The zero-order valence-corrected chi connectivity index (χ0v) is 14.5. The zero-order chi connectivity index (χ0) is 15.3. The lowest BCUT2D eigenvalue weighted by molar-refractivity contribution is -0.138. The van der Waals surface area contributed by atoms with Crippen LogP contribution in [0.25, 0.3) is 0 Å². The van der Waals surface area contributed by atoms with E-state index in [1.54, 1.807) is 0 Å². The normalized spacial score (nSPS) is 30.0. The highest BCUT2D eigenvalue weighted by Gasteiger charge is 2.45. The lowest BCUT2D eigenvalue weighted by Gasteiger charge is -2.49. The largest absolute Gasteiger partial charge is 0.377 e. The van der Waals surface area contributed by atoms with Gasteiger partial charge in [0.05, 0.1) is 11.2 Å². The molecule has 1 heterocycles. The first kappa shape index (κ1) is 17.2. The molecule has 2 rings (SSSR count). The summed E-state index contributed by atoms with van der Waals surface area (Å²) in [5, 5.41) is 3.74. The Morgan fingerprint density at radius 2 is 2.00 bits per heavy atom. The second-order valence-electron chi connectivity index (χ2n) is 7.25. The molecule has 1 saturated heterocycles. The number of likely N-dealkylation sites (N-methyl/N-ethyl adjacent to an activating group) is 1. The molecular formula is C18H35NO2. The van der Waals surface area contributed by atoms with Crippen LogP contribution in [0, 0.1) is 5.92 Å². The number of rotatable bonds is 6. The topological polar surface area (TPSA) is 30.5 Å². The highest BCUT2D eigenvalue weighted by molar-refractivity contribution is 4.99. The fourth-order valence-electron chi connectivity index (χ4n) is 4.49. The summed E-state index contributed by atoms with van der Waals surface area (Å²) in [5.74, 6) is 0.668. The molecule has 0 aromatic rings. The van der Waals surface area contributed by atoms with Crippen LogP contribution in [-0.4, -0.2) is 37.5 Å². The summed E-state index contributed by atoms with van der Waals surface area (Å²) in [6.45, 7) is 8.64. The lowest BCUT2D eigenvalue weighted by Crippen LogP contribution is -2.57. The Bertz CT molecular complexity index is 303. The molecule has 0 radical (unpaired) electrons. The van der Waals surface area contributed by atoms with E-state index in [0.717, 1.165) is 19.6 Å². The van der Waals surface area contributed by atoms with Crippen LogP contribution >= 0.6 is 0 Å². The van der Waals surface area contributed by atoms with Crippen LogP contribution in [0.5, 0.6) is 0 Å². The van der Waals surface area contributed by atoms with Crippen molar-refractivity contribution in [3.05, 3.63) is 0 Å². The molecule has 1 spiro atoms. The summed E-state index contributed by atoms with van der Waals surface area (Å²) < 4.78 is 12.2. The van der Waals surface area contributed by atoms with Crippen LogP contribution in [0.4, 0.5) is 0 Å². The Balaban J connectivity index is 2.12. The molecule has 3 heteroatoms. The molecule has 2 aliphatic rings. The lowest BCUT2D eigenvalue weighted by atomic mass is 9.71. The maximum absolute atomic E-state index is 6.28. The van der Waals surface area contributed by atoms with Gasteiger partial charge in [0.15, 0.2) is 0 Å².